The molecule has 1 aromatic heterocycles. The Bertz CT molecular complexity index is 537. The molecule has 0 bridgehead atoms. The number of aliphatic hydroxyl groups excluding tert-OH is 1. The molecule has 5 nitrogen and oxygen atoms in total. The molecule has 0 aromatic carbocycles. The van der Waals surface area contributed by atoms with E-state index in [0.29, 0.717) is 25.3 Å². The summed E-state index contributed by atoms with van der Waals surface area (Å²) in [6.07, 6.45) is 0.399. The van der Waals surface area contributed by atoms with Crippen LogP contribution in [0.1, 0.15) is 50.2 Å². The number of hydrogen-bond acceptors (Lipinski definition) is 4. The summed E-state index contributed by atoms with van der Waals surface area (Å²) in [6.45, 7) is 9.46. The lowest BCUT2D eigenvalue weighted by atomic mass is 9.90. The van der Waals surface area contributed by atoms with Crippen LogP contribution < -0.4 is 4.90 Å². The average molecular weight is 292 g/mol. The van der Waals surface area contributed by atoms with Gasteiger partial charge >= 0.3 is 5.97 Å². The Morgan fingerprint density at radius 1 is 1.38 bits per heavy atom. The minimum Gasteiger partial charge on any atom is -0.478 e. The van der Waals surface area contributed by atoms with Gasteiger partial charge in [-0.1, -0.05) is 27.7 Å². The predicted molar refractivity (Wildman–Crippen MR) is 81.9 cm³/mol. The number of nitrogens with zero attached hydrogens (tertiary/aromatic N) is 2. The minimum atomic E-state index is -0.936. The number of rotatable bonds is 2. The van der Waals surface area contributed by atoms with Crippen molar-refractivity contribution in [1.29, 1.82) is 0 Å². The van der Waals surface area contributed by atoms with Gasteiger partial charge in [-0.3, -0.25) is 0 Å². The minimum absolute atomic E-state index is 0.159. The van der Waals surface area contributed by atoms with Crippen LogP contribution in [0.25, 0.3) is 0 Å². The molecule has 2 unspecified atom stereocenters. The highest BCUT2D eigenvalue weighted by molar-refractivity contribution is 5.88. The first kappa shape index (κ1) is 15.8. The monoisotopic (exact) mass is 292 g/mol. The van der Waals surface area contributed by atoms with Crippen LogP contribution in [0.4, 0.5) is 5.82 Å². The smallest absolute Gasteiger partial charge is 0.335 e. The summed E-state index contributed by atoms with van der Waals surface area (Å²) in [5, 5.41) is 19.1. The predicted octanol–water partition coefficient (Wildman–Crippen LogP) is 2.28. The highest BCUT2D eigenvalue weighted by Crippen LogP contribution is 2.27. The lowest BCUT2D eigenvalue weighted by molar-refractivity contribution is 0.0696. The molecule has 2 heterocycles. The fourth-order valence-electron chi connectivity index (χ4n) is 2.53. The molecule has 0 spiro atoms. The van der Waals surface area contributed by atoms with Crippen LogP contribution in [0.15, 0.2) is 12.1 Å². The normalized spacial score (nSPS) is 23.2. The standard InChI is InChI=1S/C16H24N2O3/c1-10-9-18(6-5-12(10)19)14-8-11(15(20)21)7-13(17-14)16(2,3)4/h7-8,10,12,19H,5-6,9H2,1-4H3,(H,20,21). The Kier molecular flexibility index (Phi) is 4.23. The van der Waals surface area contributed by atoms with Gasteiger partial charge in [0.25, 0.3) is 0 Å². The fourth-order valence-corrected chi connectivity index (χ4v) is 2.53. The third kappa shape index (κ3) is 3.53. The first-order valence-electron chi connectivity index (χ1n) is 7.37. The van der Waals surface area contributed by atoms with Gasteiger partial charge in [0.05, 0.1) is 11.7 Å². The average Bonchev–Trinajstić information content (AvgIpc) is 2.40. The zero-order valence-corrected chi connectivity index (χ0v) is 13.1. The maximum atomic E-state index is 11.3. The summed E-state index contributed by atoms with van der Waals surface area (Å²) in [7, 11) is 0. The van der Waals surface area contributed by atoms with Crippen LogP contribution in [0.2, 0.25) is 0 Å². The summed E-state index contributed by atoms with van der Waals surface area (Å²) in [5.74, 6) is -0.0834. The van der Waals surface area contributed by atoms with Gasteiger partial charge in [0.2, 0.25) is 0 Å². The van der Waals surface area contributed by atoms with Crippen LogP contribution in [0.5, 0.6) is 0 Å². The van der Waals surface area contributed by atoms with E-state index in [9.17, 15) is 15.0 Å². The molecule has 2 N–H and O–H groups in total. The first-order chi connectivity index (χ1) is 9.68. The van der Waals surface area contributed by atoms with Crippen molar-refractivity contribution in [2.24, 2.45) is 5.92 Å². The number of carboxylic acids is 1. The van der Waals surface area contributed by atoms with Gasteiger partial charge in [0.1, 0.15) is 5.82 Å². The highest BCUT2D eigenvalue weighted by Gasteiger charge is 2.27. The number of hydrogen-bond donors (Lipinski definition) is 2. The lowest BCUT2D eigenvalue weighted by Crippen LogP contribution is -2.42. The van der Waals surface area contributed by atoms with E-state index in [-0.39, 0.29) is 23.0 Å². The molecule has 21 heavy (non-hydrogen) atoms. The third-order valence-electron chi connectivity index (χ3n) is 4.01. The van der Waals surface area contributed by atoms with E-state index in [4.69, 9.17) is 0 Å². The molecule has 1 aliphatic heterocycles. The molecule has 5 heteroatoms. The van der Waals surface area contributed by atoms with Crippen molar-refractivity contribution in [3.05, 3.63) is 23.4 Å². The summed E-state index contributed by atoms with van der Waals surface area (Å²) in [5.41, 5.74) is 0.834. The Hall–Kier alpha value is -1.62. The van der Waals surface area contributed by atoms with Gasteiger partial charge in [-0.25, -0.2) is 9.78 Å². The Balaban J connectivity index is 2.39. The van der Waals surface area contributed by atoms with E-state index >= 15 is 0 Å². The van der Waals surface area contributed by atoms with Crippen LogP contribution in [0.3, 0.4) is 0 Å². The Morgan fingerprint density at radius 2 is 2.05 bits per heavy atom. The molecule has 116 valence electrons. The zero-order chi connectivity index (χ0) is 15.8. The second-order valence-corrected chi connectivity index (χ2v) is 6.93. The van der Waals surface area contributed by atoms with E-state index in [1.807, 2.05) is 27.7 Å². The van der Waals surface area contributed by atoms with E-state index in [1.54, 1.807) is 12.1 Å². The third-order valence-corrected chi connectivity index (χ3v) is 4.01. The van der Waals surface area contributed by atoms with Crippen LogP contribution in [-0.2, 0) is 5.41 Å². The van der Waals surface area contributed by atoms with E-state index < -0.39 is 5.97 Å². The molecule has 1 fully saturated rings. The maximum absolute atomic E-state index is 11.3. The summed E-state index contributed by atoms with van der Waals surface area (Å²) in [6, 6.07) is 3.27. The van der Waals surface area contributed by atoms with Gasteiger partial charge in [0, 0.05) is 24.2 Å². The van der Waals surface area contributed by atoms with Crippen molar-refractivity contribution in [3.8, 4) is 0 Å². The van der Waals surface area contributed by atoms with E-state index in [1.165, 1.54) is 0 Å². The first-order valence-corrected chi connectivity index (χ1v) is 7.37. The summed E-state index contributed by atoms with van der Waals surface area (Å²) in [4.78, 5) is 18.1. The molecule has 0 saturated carbocycles. The number of piperidine rings is 1. The van der Waals surface area contributed by atoms with Crippen molar-refractivity contribution < 1.29 is 15.0 Å². The summed E-state index contributed by atoms with van der Waals surface area (Å²) < 4.78 is 0. The number of carboxylic acid groups (broad SMARTS) is 1. The van der Waals surface area contributed by atoms with Crippen molar-refractivity contribution in [2.45, 2.75) is 45.6 Å². The summed E-state index contributed by atoms with van der Waals surface area (Å²) >= 11 is 0. The lowest BCUT2D eigenvalue weighted by Gasteiger charge is -2.35. The molecule has 1 aromatic rings. The number of aromatic carboxylic acids is 1. The van der Waals surface area contributed by atoms with Crippen molar-refractivity contribution >= 4 is 11.8 Å². The van der Waals surface area contributed by atoms with E-state index in [0.717, 1.165) is 5.69 Å². The van der Waals surface area contributed by atoms with Crippen molar-refractivity contribution in [1.82, 2.24) is 4.98 Å². The number of aliphatic hydroxyl groups is 1. The number of anilines is 1. The molecule has 2 atom stereocenters. The molecule has 0 aliphatic carbocycles. The van der Waals surface area contributed by atoms with Crippen LogP contribution in [-0.4, -0.2) is 40.4 Å². The fraction of sp³-hybridized carbons (Fsp3) is 0.625. The largest absolute Gasteiger partial charge is 0.478 e. The maximum Gasteiger partial charge on any atom is 0.335 e. The van der Waals surface area contributed by atoms with Gasteiger partial charge in [-0.2, -0.15) is 0 Å². The van der Waals surface area contributed by atoms with E-state index in [2.05, 4.69) is 9.88 Å². The second-order valence-electron chi connectivity index (χ2n) is 6.93. The number of carbonyl (C=O) groups is 1. The Labute approximate surface area is 125 Å². The highest BCUT2D eigenvalue weighted by atomic mass is 16.4. The number of pyridine rings is 1. The van der Waals surface area contributed by atoms with Crippen LogP contribution in [0, 0.1) is 5.92 Å². The Morgan fingerprint density at radius 3 is 2.57 bits per heavy atom. The second kappa shape index (κ2) is 5.64. The van der Waals surface area contributed by atoms with Gasteiger partial charge < -0.3 is 15.1 Å². The van der Waals surface area contributed by atoms with Gasteiger partial charge in [-0.05, 0) is 24.5 Å². The molecule has 1 saturated heterocycles. The molecular weight excluding hydrogens is 268 g/mol. The van der Waals surface area contributed by atoms with Crippen molar-refractivity contribution in [3.63, 3.8) is 0 Å². The zero-order valence-electron chi connectivity index (χ0n) is 13.1. The quantitative estimate of drug-likeness (QED) is 0.875. The van der Waals surface area contributed by atoms with Crippen molar-refractivity contribution in [2.75, 3.05) is 18.0 Å². The SMILES string of the molecule is CC1CN(c2cc(C(=O)O)cc(C(C)(C)C)n2)CCC1O. The topological polar surface area (TPSA) is 73.7 Å². The molecular formula is C16H24N2O3. The molecule has 0 amide bonds. The molecule has 1 aliphatic rings. The molecule has 0 radical (unpaired) electrons. The van der Waals surface area contributed by atoms with Gasteiger partial charge in [0.15, 0.2) is 0 Å². The number of aromatic nitrogens is 1. The van der Waals surface area contributed by atoms with Gasteiger partial charge in [-0.15, -0.1) is 0 Å². The van der Waals surface area contributed by atoms with Crippen LogP contribution >= 0.6 is 0 Å². The molecule has 2 rings (SSSR count).